The molecule has 162 valence electrons. The third-order valence-corrected chi connectivity index (χ3v) is 5.96. The number of carbonyl (C=O) groups excluding carboxylic acids is 1. The highest BCUT2D eigenvalue weighted by molar-refractivity contribution is 9.10. The molecule has 1 N–H and O–H groups in total. The smallest absolute Gasteiger partial charge is 0.262 e. The van der Waals surface area contributed by atoms with Crippen LogP contribution in [0.5, 0.6) is 11.5 Å². The molecule has 31 heavy (non-hydrogen) atoms. The van der Waals surface area contributed by atoms with Crippen molar-refractivity contribution in [2.24, 2.45) is 0 Å². The maximum absolute atomic E-state index is 12.5. The minimum atomic E-state index is -0.345. The number of amides is 1. The second-order valence-electron chi connectivity index (χ2n) is 7.29. The number of halogens is 2. The number of ether oxygens (including phenoxy) is 2. The third kappa shape index (κ3) is 6.49. The summed E-state index contributed by atoms with van der Waals surface area (Å²) in [6.45, 7) is 2.69. The van der Waals surface area contributed by atoms with Crippen molar-refractivity contribution in [3.05, 3.63) is 62.6 Å². The van der Waals surface area contributed by atoms with Gasteiger partial charge in [0.15, 0.2) is 11.5 Å². The van der Waals surface area contributed by atoms with E-state index in [1.54, 1.807) is 18.2 Å². The molecule has 1 aliphatic carbocycles. The lowest BCUT2D eigenvalue weighted by molar-refractivity contribution is -0.117. The van der Waals surface area contributed by atoms with Gasteiger partial charge in [-0.1, -0.05) is 52.5 Å². The van der Waals surface area contributed by atoms with Gasteiger partial charge in [-0.15, -0.1) is 0 Å². The van der Waals surface area contributed by atoms with Crippen molar-refractivity contribution >= 4 is 39.5 Å². The quantitative estimate of drug-likeness (QED) is 0.352. The predicted molar refractivity (Wildman–Crippen MR) is 125 cm³/mol. The number of carbonyl (C=O) groups is 1. The molecular formula is C24H24BrClN2O3. The van der Waals surface area contributed by atoms with Crippen molar-refractivity contribution in [1.82, 2.24) is 5.32 Å². The second-order valence-corrected chi connectivity index (χ2v) is 8.58. The summed E-state index contributed by atoms with van der Waals surface area (Å²) in [6, 6.07) is 13.1. The first-order valence-electron chi connectivity index (χ1n) is 10.3. The fourth-order valence-electron chi connectivity index (χ4n) is 3.42. The molecule has 3 rings (SSSR count). The number of nitrogens with zero attached hydrogens (tertiary/aromatic N) is 1. The van der Waals surface area contributed by atoms with Crippen LogP contribution in [0.4, 0.5) is 0 Å². The Bertz CT molecular complexity index is 993. The van der Waals surface area contributed by atoms with Gasteiger partial charge in [0.05, 0.1) is 6.61 Å². The fourth-order valence-corrected chi connectivity index (χ4v) is 3.98. The normalized spacial score (nSPS) is 14.2. The average Bonchev–Trinajstić information content (AvgIpc) is 3.27. The highest BCUT2D eigenvalue weighted by Crippen LogP contribution is 2.35. The lowest BCUT2D eigenvalue weighted by atomic mass is 10.1. The number of hydrogen-bond donors (Lipinski definition) is 1. The van der Waals surface area contributed by atoms with E-state index < -0.39 is 0 Å². The molecule has 1 fully saturated rings. The van der Waals surface area contributed by atoms with Crippen molar-refractivity contribution in [2.45, 2.75) is 45.3 Å². The van der Waals surface area contributed by atoms with Crippen LogP contribution in [0.25, 0.3) is 6.08 Å². The number of hydrogen-bond acceptors (Lipinski definition) is 4. The van der Waals surface area contributed by atoms with Crippen molar-refractivity contribution in [3.63, 3.8) is 0 Å². The van der Waals surface area contributed by atoms with Gasteiger partial charge in [-0.3, -0.25) is 4.79 Å². The number of rotatable bonds is 8. The molecule has 0 atom stereocenters. The molecule has 0 spiro atoms. The second kappa shape index (κ2) is 11.2. The van der Waals surface area contributed by atoms with Gasteiger partial charge in [-0.25, -0.2) is 0 Å². The Labute approximate surface area is 196 Å². The van der Waals surface area contributed by atoms with E-state index in [2.05, 4.69) is 21.2 Å². The molecule has 1 amide bonds. The summed E-state index contributed by atoms with van der Waals surface area (Å²) >= 11 is 9.46. The molecule has 1 saturated carbocycles. The molecule has 0 unspecified atom stereocenters. The van der Waals surface area contributed by atoms with Gasteiger partial charge >= 0.3 is 0 Å². The van der Waals surface area contributed by atoms with Crippen LogP contribution in [0.2, 0.25) is 5.02 Å². The molecule has 0 radical (unpaired) electrons. The van der Waals surface area contributed by atoms with Crippen molar-refractivity contribution < 1.29 is 14.3 Å². The van der Waals surface area contributed by atoms with Crippen LogP contribution in [-0.4, -0.2) is 18.6 Å². The molecule has 0 saturated heterocycles. The summed E-state index contributed by atoms with van der Waals surface area (Å²) < 4.78 is 12.4. The van der Waals surface area contributed by atoms with Gasteiger partial charge in [0, 0.05) is 15.5 Å². The SMILES string of the molecule is CCOc1cc(/C=C(/C#N)C(=O)NC2CCCC2)c(Br)cc1OCc1ccc(Cl)cc1. The Hall–Kier alpha value is -2.49. The summed E-state index contributed by atoms with van der Waals surface area (Å²) in [5.74, 6) is 0.761. The van der Waals surface area contributed by atoms with E-state index in [0.717, 1.165) is 31.2 Å². The highest BCUT2D eigenvalue weighted by Gasteiger charge is 2.20. The fraction of sp³-hybridized carbons (Fsp3) is 0.333. The number of benzene rings is 2. The van der Waals surface area contributed by atoms with E-state index in [-0.39, 0.29) is 17.5 Å². The Kier molecular flexibility index (Phi) is 8.39. The van der Waals surface area contributed by atoms with Gasteiger partial charge in [0.25, 0.3) is 5.91 Å². The van der Waals surface area contributed by atoms with E-state index >= 15 is 0 Å². The van der Waals surface area contributed by atoms with Gasteiger partial charge < -0.3 is 14.8 Å². The zero-order chi connectivity index (χ0) is 22.2. The zero-order valence-electron chi connectivity index (χ0n) is 17.3. The maximum atomic E-state index is 12.5. The molecule has 1 aliphatic rings. The standard InChI is InChI=1S/C24H24BrClN2O3/c1-2-30-22-12-17(11-18(14-27)24(29)28-20-5-3-4-6-20)21(25)13-23(22)31-15-16-7-9-19(26)10-8-16/h7-13,20H,2-6,15H2,1H3,(H,28,29)/b18-11-. The Morgan fingerprint density at radius 1 is 1.23 bits per heavy atom. The molecule has 7 heteroatoms. The van der Waals surface area contributed by atoms with Crippen LogP contribution in [0, 0.1) is 11.3 Å². The third-order valence-electron chi connectivity index (χ3n) is 5.03. The minimum absolute atomic E-state index is 0.0601. The molecule has 0 aromatic heterocycles. The first-order chi connectivity index (χ1) is 15.0. The van der Waals surface area contributed by atoms with Crippen LogP contribution < -0.4 is 14.8 Å². The lowest BCUT2D eigenvalue weighted by Gasteiger charge is -2.15. The summed E-state index contributed by atoms with van der Waals surface area (Å²) in [6.07, 6.45) is 5.71. The monoisotopic (exact) mass is 502 g/mol. The largest absolute Gasteiger partial charge is 0.490 e. The lowest BCUT2D eigenvalue weighted by Crippen LogP contribution is -2.33. The molecule has 0 heterocycles. The molecule has 2 aromatic rings. The van der Waals surface area contributed by atoms with Crippen LogP contribution >= 0.6 is 27.5 Å². The Balaban J connectivity index is 1.80. The molecule has 5 nitrogen and oxygen atoms in total. The van der Waals surface area contributed by atoms with Crippen molar-refractivity contribution in [2.75, 3.05) is 6.61 Å². The average molecular weight is 504 g/mol. The number of nitriles is 1. The van der Waals surface area contributed by atoms with Crippen LogP contribution in [0.15, 0.2) is 46.4 Å². The van der Waals surface area contributed by atoms with Crippen LogP contribution in [0.1, 0.15) is 43.7 Å². The summed E-state index contributed by atoms with van der Waals surface area (Å²) in [7, 11) is 0. The summed E-state index contributed by atoms with van der Waals surface area (Å²) in [4.78, 5) is 12.5. The molecular weight excluding hydrogens is 480 g/mol. The Morgan fingerprint density at radius 3 is 2.55 bits per heavy atom. The van der Waals surface area contributed by atoms with E-state index in [1.807, 2.05) is 37.3 Å². The van der Waals surface area contributed by atoms with Crippen molar-refractivity contribution in [3.8, 4) is 17.6 Å². The highest BCUT2D eigenvalue weighted by atomic mass is 79.9. The van der Waals surface area contributed by atoms with Gasteiger partial charge in [-0.05, 0) is 61.2 Å². The van der Waals surface area contributed by atoms with E-state index in [0.29, 0.717) is 39.8 Å². The topological polar surface area (TPSA) is 71.3 Å². The van der Waals surface area contributed by atoms with Crippen LogP contribution in [0.3, 0.4) is 0 Å². The van der Waals surface area contributed by atoms with Gasteiger partial charge in [-0.2, -0.15) is 5.26 Å². The van der Waals surface area contributed by atoms with E-state index in [1.165, 1.54) is 0 Å². The first kappa shape index (κ1) is 23.2. The van der Waals surface area contributed by atoms with Gasteiger partial charge in [0.2, 0.25) is 0 Å². The minimum Gasteiger partial charge on any atom is -0.490 e. The first-order valence-corrected chi connectivity index (χ1v) is 11.4. The van der Waals surface area contributed by atoms with E-state index in [4.69, 9.17) is 21.1 Å². The summed E-state index contributed by atoms with van der Waals surface area (Å²) in [5.41, 5.74) is 1.70. The van der Waals surface area contributed by atoms with Crippen LogP contribution in [-0.2, 0) is 11.4 Å². The molecule has 2 aromatic carbocycles. The molecule has 0 bridgehead atoms. The summed E-state index contributed by atoms with van der Waals surface area (Å²) in [5, 5.41) is 13.1. The maximum Gasteiger partial charge on any atom is 0.262 e. The zero-order valence-corrected chi connectivity index (χ0v) is 19.6. The van der Waals surface area contributed by atoms with Crippen molar-refractivity contribution in [1.29, 1.82) is 5.26 Å². The molecule has 0 aliphatic heterocycles. The predicted octanol–water partition coefficient (Wildman–Crippen LogP) is 6.05. The van der Waals surface area contributed by atoms with Gasteiger partial charge in [0.1, 0.15) is 18.2 Å². The van der Waals surface area contributed by atoms with E-state index in [9.17, 15) is 10.1 Å². The Morgan fingerprint density at radius 2 is 1.90 bits per heavy atom. The number of nitrogens with one attached hydrogen (secondary N) is 1.